The van der Waals surface area contributed by atoms with Gasteiger partial charge in [0.05, 0.1) is 11.8 Å². The van der Waals surface area contributed by atoms with Gasteiger partial charge in [-0.3, -0.25) is 4.40 Å². The molecule has 19 heavy (non-hydrogen) atoms. The standard InChI is InChI=1S/C14H10N2O3/c17-12-5-2-6-16-11(12)8-15-13(16)9-3-1-4-10(7-9)14(18)19/h1-8,17H,(H,18,19). The van der Waals surface area contributed by atoms with Crippen LogP contribution in [0.4, 0.5) is 0 Å². The molecular weight excluding hydrogens is 244 g/mol. The van der Waals surface area contributed by atoms with Gasteiger partial charge in [-0.05, 0) is 24.3 Å². The Hall–Kier alpha value is -2.82. The number of aromatic hydroxyl groups is 1. The van der Waals surface area contributed by atoms with E-state index >= 15 is 0 Å². The first kappa shape index (κ1) is 11.3. The molecule has 2 N–H and O–H groups in total. The number of carboxylic acid groups (broad SMARTS) is 1. The zero-order valence-electron chi connectivity index (χ0n) is 9.82. The van der Waals surface area contributed by atoms with Gasteiger partial charge >= 0.3 is 5.97 Å². The van der Waals surface area contributed by atoms with Gasteiger partial charge in [0.25, 0.3) is 0 Å². The number of nitrogens with zero attached hydrogens (tertiary/aromatic N) is 2. The van der Waals surface area contributed by atoms with Crippen molar-refractivity contribution in [1.29, 1.82) is 0 Å². The SMILES string of the molecule is O=C(O)c1cccc(-c2ncc3c(O)cccn23)c1. The molecule has 94 valence electrons. The van der Waals surface area contributed by atoms with Crippen molar-refractivity contribution in [1.82, 2.24) is 9.38 Å². The van der Waals surface area contributed by atoms with Crippen LogP contribution in [-0.2, 0) is 0 Å². The smallest absolute Gasteiger partial charge is 0.335 e. The predicted octanol–water partition coefficient (Wildman–Crippen LogP) is 2.41. The van der Waals surface area contributed by atoms with Crippen molar-refractivity contribution < 1.29 is 15.0 Å². The highest BCUT2D eigenvalue weighted by Gasteiger charge is 2.10. The van der Waals surface area contributed by atoms with E-state index in [9.17, 15) is 9.90 Å². The lowest BCUT2D eigenvalue weighted by Gasteiger charge is -2.03. The number of aromatic nitrogens is 2. The Kier molecular flexibility index (Phi) is 2.45. The summed E-state index contributed by atoms with van der Waals surface area (Å²) in [6.07, 6.45) is 3.32. The Bertz CT molecular complexity index is 777. The molecule has 0 aliphatic carbocycles. The summed E-state index contributed by atoms with van der Waals surface area (Å²) in [4.78, 5) is 15.2. The molecule has 0 spiro atoms. The fourth-order valence-electron chi connectivity index (χ4n) is 2.01. The highest BCUT2D eigenvalue weighted by Crippen LogP contribution is 2.25. The Morgan fingerprint density at radius 2 is 2.05 bits per heavy atom. The van der Waals surface area contributed by atoms with Crippen molar-refractivity contribution in [2.24, 2.45) is 0 Å². The molecule has 3 aromatic rings. The highest BCUT2D eigenvalue weighted by atomic mass is 16.4. The van der Waals surface area contributed by atoms with Gasteiger partial charge in [-0.25, -0.2) is 9.78 Å². The van der Waals surface area contributed by atoms with Crippen LogP contribution in [0.25, 0.3) is 16.9 Å². The first-order valence-electron chi connectivity index (χ1n) is 5.65. The molecule has 0 aliphatic heterocycles. The number of hydrogen-bond donors (Lipinski definition) is 2. The molecule has 5 nitrogen and oxygen atoms in total. The number of imidazole rings is 1. The van der Waals surface area contributed by atoms with Crippen molar-refractivity contribution in [3.63, 3.8) is 0 Å². The molecule has 0 unspecified atom stereocenters. The van der Waals surface area contributed by atoms with Crippen molar-refractivity contribution in [3.8, 4) is 17.1 Å². The predicted molar refractivity (Wildman–Crippen MR) is 69.3 cm³/mol. The first-order chi connectivity index (χ1) is 9.16. The summed E-state index contributed by atoms with van der Waals surface area (Å²) in [6, 6.07) is 9.82. The summed E-state index contributed by atoms with van der Waals surface area (Å²) in [5, 5.41) is 18.7. The molecule has 2 heterocycles. The topological polar surface area (TPSA) is 74.8 Å². The molecule has 0 amide bonds. The monoisotopic (exact) mass is 254 g/mol. The maximum Gasteiger partial charge on any atom is 0.335 e. The van der Waals surface area contributed by atoms with Gasteiger partial charge in [0.1, 0.15) is 17.1 Å². The summed E-state index contributed by atoms with van der Waals surface area (Å²) in [5.41, 5.74) is 1.47. The third-order valence-electron chi connectivity index (χ3n) is 2.92. The molecule has 0 fully saturated rings. The van der Waals surface area contributed by atoms with E-state index in [4.69, 9.17) is 5.11 Å². The molecule has 0 atom stereocenters. The fourth-order valence-corrected chi connectivity index (χ4v) is 2.01. The van der Waals surface area contributed by atoms with Crippen molar-refractivity contribution in [2.45, 2.75) is 0 Å². The second kappa shape index (κ2) is 4.13. The number of aromatic carboxylic acids is 1. The molecule has 3 rings (SSSR count). The van der Waals surface area contributed by atoms with Gasteiger partial charge < -0.3 is 10.2 Å². The van der Waals surface area contributed by atoms with Crippen LogP contribution in [0.5, 0.6) is 5.75 Å². The van der Waals surface area contributed by atoms with E-state index in [1.165, 1.54) is 6.07 Å². The second-order valence-corrected chi connectivity index (χ2v) is 4.12. The minimum Gasteiger partial charge on any atom is -0.506 e. The van der Waals surface area contributed by atoms with E-state index in [2.05, 4.69) is 4.98 Å². The van der Waals surface area contributed by atoms with E-state index in [0.717, 1.165) is 0 Å². The summed E-state index contributed by atoms with van der Waals surface area (Å²) < 4.78 is 1.72. The summed E-state index contributed by atoms with van der Waals surface area (Å²) in [6.45, 7) is 0. The maximum absolute atomic E-state index is 11.0. The Balaban J connectivity index is 2.22. The van der Waals surface area contributed by atoms with Crippen LogP contribution in [0.3, 0.4) is 0 Å². The van der Waals surface area contributed by atoms with E-state index in [1.54, 1.807) is 47.1 Å². The summed E-state index contributed by atoms with van der Waals surface area (Å²) in [5.74, 6) is -0.254. The Morgan fingerprint density at radius 1 is 1.21 bits per heavy atom. The minimum atomic E-state index is -0.981. The number of carboxylic acids is 1. The summed E-state index contributed by atoms with van der Waals surface area (Å²) in [7, 11) is 0. The van der Waals surface area contributed by atoms with E-state index in [-0.39, 0.29) is 11.3 Å². The van der Waals surface area contributed by atoms with Crippen molar-refractivity contribution in [3.05, 3.63) is 54.4 Å². The number of carbonyl (C=O) groups is 1. The van der Waals surface area contributed by atoms with Gasteiger partial charge in [-0.2, -0.15) is 0 Å². The van der Waals surface area contributed by atoms with Crippen LogP contribution in [-0.4, -0.2) is 25.6 Å². The average Bonchev–Trinajstić information content (AvgIpc) is 2.84. The lowest BCUT2D eigenvalue weighted by molar-refractivity contribution is 0.0697. The normalized spacial score (nSPS) is 10.7. The lowest BCUT2D eigenvalue weighted by atomic mass is 10.1. The Labute approximate surface area is 108 Å². The van der Waals surface area contributed by atoms with Gasteiger partial charge in [-0.15, -0.1) is 0 Å². The van der Waals surface area contributed by atoms with E-state index < -0.39 is 5.97 Å². The number of rotatable bonds is 2. The van der Waals surface area contributed by atoms with Crippen LogP contribution in [0.1, 0.15) is 10.4 Å². The molecule has 0 saturated carbocycles. The molecule has 0 saturated heterocycles. The second-order valence-electron chi connectivity index (χ2n) is 4.12. The van der Waals surface area contributed by atoms with Gasteiger partial charge in [0.2, 0.25) is 0 Å². The molecule has 0 aliphatic rings. The van der Waals surface area contributed by atoms with E-state index in [1.807, 2.05) is 0 Å². The third-order valence-corrected chi connectivity index (χ3v) is 2.92. The van der Waals surface area contributed by atoms with E-state index in [0.29, 0.717) is 16.9 Å². The summed E-state index contributed by atoms with van der Waals surface area (Å²) >= 11 is 0. The van der Waals surface area contributed by atoms with Gasteiger partial charge in [0.15, 0.2) is 0 Å². The van der Waals surface area contributed by atoms with Gasteiger partial charge in [-0.1, -0.05) is 12.1 Å². The Morgan fingerprint density at radius 3 is 2.84 bits per heavy atom. The average molecular weight is 254 g/mol. The van der Waals surface area contributed by atoms with Crippen LogP contribution in [0.2, 0.25) is 0 Å². The minimum absolute atomic E-state index is 0.135. The molecule has 5 heteroatoms. The van der Waals surface area contributed by atoms with Crippen LogP contribution < -0.4 is 0 Å². The van der Waals surface area contributed by atoms with Crippen molar-refractivity contribution >= 4 is 11.5 Å². The number of hydrogen-bond acceptors (Lipinski definition) is 3. The molecule has 1 aromatic carbocycles. The number of benzene rings is 1. The zero-order chi connectivity index (χ0) is 13.4. The quantitative estimate of drug-likeness (QED) is 0.736. The first-order valence-corrected chi connectivity index (χ1v) is 5.65. The van der Waals surface area contributed by atoms with Crippen LogP contribution >= 0.6 is 0 Å². The molecule has 0 bridgehead atoms. The number of pyridine rings is 1. The lowest BCUT2D eigenvalue weighted by Crippen LogP contribution is -1.97. The van der Waals surface area contributed by atoms with Crippen LogP contribution in [0, 0.1) is 0 Å². The third kappa shape index (κ3) is 1.81. The molecular formula is C14H10N2O3. The largest absolute Gasteiger partial charge is 0.506 e. The zero-order valence-corrected chi connectivity index (χ0v) is 9.82. The van der Waals surface area contributed by atoms with Gasteiger partial charge in [0, 0.05) is 11.8 Å². The highest BCUT2D eigenvalue weighted by molar-refractivity contribution is 5.89. The van der Waals surface area contributed by atoms with Crippen molar-refractivity contribution in [2.75, 3.05) is 0 Å². The maximum atomic E-state index is 11.0. The molecule has 2 aromatic heterocycles. The fraction of sp³-hybridized carbons (Fsp3) is 0. The number of fused-ring (bicyclic) bond motifs is 1. The molecule has 0 radical (unpaired) electrons. The van der Waals surface area contributed by atoms with Crippen LogP contribution in [0.15, 0.2) is 48.8 Å².